The van der Waals surface area contributed by atoms with Gasteiger partial charge in [-0.25, -0.2) is 0 Å². The van der Waals surface area contributed by atoms with E-state index in [4.69, 9.17) is 21.1 Å². The van der Waals surface area contributed by atoms with Gasteiger partial charge in [0.25, 0.3) is 0 Å². The lowest BCUT2D eigenvalue weighted by Crippen LogP contribution is -2.15. The lowest BCUT2D eigenvalue weighted by Gasteiger charge is -2.16. The number of alkyl halides is 1. The smallest absolute Gasteiger partial charge is 0.165 e. The van der Waals surface area contributed by atoms with E-state index in [0.29, 0.717) is 36.1 Å². The third kappa shape index (κ3) is 5.25. The van der Waals surface area contributed by atoms with Gasteiger partial charge in [0, 0.05) is 29.6 Å². The van der Waals surface area contributed by atoms with Crippen molar-refractivity contribution in [3.8, 4) is 11.5 Å². The summed E-state index contributed by atoms with van der Waals surface area (Å²) in [7, 11) is 1.57. The first kappa shape index (κ1) is 16.1. The Hall–Kier alpha value is -1.00. The van der Waals surface area contributed by atoms with Crippen molar-refractivity contribution in [3.63, 3.8) is 0 Å². The maximum atomic E-state index is 12.1. The number of benzene rings is 1. The molecule has 1 aromatic carbocycles. The van der Waals surface area contributed by atoms with E-state index in [0.717, 1.165) is 18.5 Å². The minimum Gasteiger partial charge on any atom is -0.493 e. The van der Waals surface area contributed by atoms with Crippen LogP contribution in [0.3, 0.4) is 0 Å². The van der Waals surface area contributed by atoms with Gasteiger partial charge in [0.15, 0.2) is 11.5 Å². The van der Waals surface area contributed by atoms with Crippen LogP contribution in [-0.4, -0.2) is 26.9 Å². The Morgan fingerprint density at radius 3 is 2.79 bits per heavy atom. The Labute approximate surface area is 119 Å². The number of hydrogen-bond donors (Lipinski definition) is 1. The first-order valence-corrected chi connectivity index (χ1v) is 6.86. The van der Waals surface area contributed by atoms with Crippen molar-refractivity contribution >= 4 is 11.6 Å². The molecule has 0 radical (unpaired) electrons. The number of methoxy groups -OCH3 is 1. The number of ether oxygens (including phenoxy) is 2. The van der Waals surface area contributed by atoms with Crippen LogP contribution in [0.25, 0.3) is 0 Å². The highest BCUT2D eigenvalue weighted by Crippen LogP contribution is 2.34. The average molecular weight is 290 g/mol. The second-order valence-electron chi connectivity index (χ2n) is 4.16. The van der Waals surface area contributed by atoms with Gasteiger partial charge in [-0.1, -0.05) is 18.5 Å². The maximum absolute atomic E-state index is 12.1. The van der Waals surface area contributed by atoms with E-state index in [-0.39, 0.29) is 6.67 Å². The van der Waals surface area contributed by atoms with Gasteiger partial charge in [-0.2, -0.15) is 0 Å². The third-order valence-corrected chi connectivity index (χ3v) is 2.80. The van der Waals surface area contributed by atoms with Gasteiger partial charge in [0.05, 0.1) is 20.4 Å². The molecule has 0 heterocycles. The molecule has 3 nitrogen and oxygen atoms in total. The van der Waals surface area contributed by atoms with Crippen LogP contribution in [0.4, 0.5) is 4.39 Å². The lowest BCUT2D eigenvalue weighted by molar-refractivity contribution is 0.270. The van der Waals surface area contributed by atoms with Crippen molar-refractivity contribution in [2.45, 2.75) is 26.3 Å². The molecule has 0 aliphatic rings. The van der Waals surface area contributed by atoms with Crippen LogP contribution >= 0.6 is 11.6 Å². The maximum Gasteiger partial charge on any atom is 0.165 e. The monoisotopic (exact) mass is 289 g/mol. The fraction of sp³-hybridized carbons (Fsp3) is 0.571. The molecule has 0 atom stereocenters. The Kier molecular flexibility index (Phi) is 7.60. The molecule has 0 spiro atoms. The first-order chi connectivity index (χ1) is 9.22. The van der Waals surface area contributed by atoms with Gasteiger partial charge >= 0.3 is 0 Å². The summed E-state index contributed by atoms with van der Waals surface area (Å²) in [6.07, 6.45) is 1.42. The second-order valence-corrected chi connectivity index (χ2v) is 4.60. The summed E-state index contributed by atoms with van der Waals surface area (Å²) >= 11 is 6.05. The molecular formula is C14H21ClFNO2. The molecule has 0 fully saturated rings. The largest absolute Gasteiger partial charge is 0.493 e. The van der Waals surface area contributed by atoms with E-state index < -0.39 is 0 Å². The molecule has 0 aliphatic carbocycles. The molecule has 1 N–H and O–H groups in total. The quantitative estimate of drug-likeness (QED) is 0.705. The van der Waals surface area contributed by atoms with Crippen LogP contribution in [0, 0.1) is 0 Å². The molecule has 0 bridgehead atoms. The number of rotatable bonds is 9. The van der Waals surface area contributed by atoms with Crippen molar-refractivity contribution in [1.82, 2.24) is 5.32 Å². The summed E-state index contributed by atoms with van der Waals surface area (Å²) in [5, 5.41) is 3.89. The predicted octanol–water partition coefficient (Wildman–Crippen LogP) is 3.59. The van der Waals surface area contributed by atoms with Gasteiger partial charge in [0.1, 0.15) is 0 Å². The third-order valence-electron chi connectivity index (χ3n) is 2.58. The van der Waals surface area contributed by atoms with Gasteiger partial charge in [-0.15, -0.1) is 0 Å². The molecule has 0 saturated heterocycles. The van der Waals surface area contributed by atoms with E-state index in [1.807, 2.05) is 6.07 Å². The highest BCUT2D eigenvalue weighted by Gasteiger charge is 2.12. The SMILES string of the molecule is CCCNCc1cc(Cl)cc(OC)c1OCCCF. The van der Waals surface area contributed by atoms with Crippen molar-refractivity contribution in [1.29, 1.82) is 0 Å². The molecule has 0 aliphatic heterocycles. The fourth-order valence-electron chi connectivity index (χ4n) is 1.70. The summed E-state index contributed by atoms with van der Waals surface area (Å²) in [6, 6.07) is 3.55. The minimum atomic E-state index is -0.390. The van der Waals surface area contributed by atoms with Crippen molar-refractivity contribution in [3.05, 3.63) is 22.7 Å². The standard InChI is InChI=1S/C14H21ClFNO2/c1-3-6-17-10-11-8-12(15)9-13(18-2)14(11)19-7-4-5-16/h8-9,17H,3-7,10H2,1-2H3. The zero-order chi connectivity index (χ0) is 14.1. The first-order valence-electron chi connectivity index (χ1n) is 6.48. The van der Waals surface area contributed by atoms with Crippen molar-refractivity contribution in [2.24, 2.45) is 0 Å². The highest BCUT2D eigenvalue weighted by molar-refractivity contribution is 6.30. The van der Waals surface area contributed by atoms with Crippen LogP contribution in [0.15, 0.2) is 12.1 Å². The Morgan fingerprint density at radius 2 is 2.16 bits per heavy atom. The molecule has 0 saturated carbocycles. The summed E-state index contributed by atoms with van der Waals surface area (Å²) in [4.78, 5) is 0. The minimum absolute atomic E-state index is 0.329. The molecule has 0 aromatic heterocycles. The van der Waals surface area contributed by atoms with Gasteiger partial charge in [-0.05, 0) is 19.0 Å². The molecule has 0 amide bonds. The molecule has 108 valence electrons. The molecule has 0 unspecified atom stereocenters. The zero-order valence-corrected chi connectivity index (χ0v) is 12.2. The molecule has 1 rings (SSSR count). The van der Waals surface area contributed by atoms with Crippen molar-refractivity contribution in [2.75, 3.05) is 26.9 Å². The lowest BCUT2D eigenvalue weighted by atomic mass is 10.1. The van der Waals surface area contributed by atoms with Gasteiger partial charge in [-0.3, -0.25) is 4.39 Å². The molecular weight excluding hydrogens is 269 g/mol. The van der Waals surface area contributed by atoms with E-state index in [1.165, 1.54) is 0 Å². The Balaban J connectivity index is 2.86. The van der Waals surface area contributed by atoms with Crippen LogP contribution in [-0.2, 0) is 6.54 Å². The average Bonchev–Trinajstić information content (AvgIpc) is 2.41. The topological polar surface area (TPSA) is 30.5 Å². The molecule has 5 heteroatoms. The van der Waals surface area contributed by atoms with Crippen LogP contribution in [0.5, 0.6) is 11.5 Å². The normalized spacial score (nSPS) is 10.5. The molecule has 1 aromatic rings. The van der Waals surface area contributed by atoms with E-state index in [9.17, 15) is 4.39 Å². The highest BCUT2D eigenvalue weighted by atomic mass is 35.5. The summed E-state index contributed by atoms with van der Waals surface area (Å²) in [5.41, 5.74) is 0.927. The fourth-order valence-corrected chi connectivity index (χ4v) is 1.93. The van der Waals surface area contributed by atoms with Gasteiger partial charge in [0.2, 0.25) is 0 Å². The summed E-state index contributed by atoms with van der Waals surface area (Å²) in [6.45, 7) is 3.60. The van der Waals surface area contributed by atoms with Crippen LogP contribution < -0.4 is 14.8 Å². The summed E-state index contributed by atoms with van der Waals surface area (Å²) in [5.74, 6) is 1.23. The number of nitrogens with one attached hydrogen (secondary N) is 1. The second kappa shape index (κ2) is 8.99. The zero-order valence-electron chi connectivity index (χ0n) is 11.5. The van der Waals surface area contributed by atoms with Crippen molar-refractivity contribution < 1.29 is 13.9 Å². The number of halogens is 2. The predicted molar refractivity (Wildman–Crippen MR) is 76.1 cm³/mol. The summed E-state index contributed by atoms with van der Waals surface area (Å²) < 4.78 is 23.0. The Morgan fingerprint density at radius 1 is 1.37 bits per heavy atom. The van der Waals surface area contributed by atoms with E-state index in [2.05, 4.69) is 12.2 Å². The number of hydrogen-bond acceptors (Lipinski definition) is 3. The van der Waals surface area contributed by atoms with E-state index in [1.54, 1.807) is 13.2 Å². The van der Waals surface area contributed by atoms with E-state index >= 15 is 0 Å². The molecule has 19 heavy (non-hydrogen) atoms. The van der Waals surface area contributed by atoms with Gasteiger partial charge < -0.3 is 14.8 Å². The van der Waals surface area contributed by atoms with Crippen LogP contribution in [0.1, 0.15) is 25.3 Å². The van der Waals surface area contributed by atoms with Crippen LogP contribution in [0.2, 0.25) is 5.02 Å². The Bertz CT molecular complexity index is 388.